The lowest BCUT2D eigenvalue weighted by Gasteiger charge is -2.26. The third kappa shape index (κ3) is 4.30. The van der Waals surface area contributed by atoms with Crippen molar-refractivity contribution in [3.8, 4) is 11.6 Å². The highest BCUT2D eigenvalue weighted by Gasteiger charge is 2.28. The van der Waals surface area contributed by atoms with Crippen LogP contribution in [0, 0.1) is 0 Å². The molecule has 0 saturated carbocycles. The number of fused-ring (bicyclic) bond motifs is 1. The second-order valence-corrected chi connectivity index (χ2v) is 6.59. The second kappa shape index (κ2) is 7.59. The van der Waals surface area contributed by atoms with Crippen LogP contribution in [0.2, 0.25) is 0 Å². The molecule has 6 nitrogen and oxygen atoms in total. The summed E-state index contributed by atoms with van der Waals surface area (Å²) in [6.07, 6.45) is -1.66. The minimum atomic E-state index is -4.39. The summed E-state index contributed by atoms with van der Waals surface area (Å²) >= 11 is 0. The Morgan fingerprint density at radius 3 is 2.57 bits per heavy atom. The van der Waals surface area contributed by atoms with Crippen LogP contribution < -0.4 is 4.74 Å². The molecule has 9 heteroatoms. The number of para-hydroxylation sites is 1. The number of aromatic nitrogens is 4. The molecule has 4 rings (SSSR count). The number of hydrogen-bond donors (Lipinski definition) is 0. The van der Waals surface area contributed by atoms with Crippen LogP contribution in [0.15, 0.2) is 48.7 Å². The molecular weight excluding hydrogens is 371 g/mol. The van der Waals surface area contributed by atoms with Crippen molar-refractivity contribution in [2.75, 3.05) is 13.2 Å². The Bertz CT molecular complexity index is 925. The van der Waals surface area contributed by atoms with Gasteiger partial charge in [-0.3, -0.25) is 4.90 Å². The number of alkyl halides is 3. The Morgan fingerprint density at radius 2 is 1.86 bits per heavy atom. The molecule has 2 aromatic heterocycles. The van der Waals surface area contributed by atoms with Gasteiger partial charge in [0.2, 0.25) is 5.88 Å². The summed E-state index contributed by atoms with van der Waals surface area (Å²) in [5.41, 5.74) is 4.08. The van der Waals surface area contributed by atoms with Gasteiger partial charge in [0.05, 0.1) is 17.6 Å². The normalized spacial score (nSPS) is 14.7. The van der Waals surface area contributed by atoms with E-state index in [1.54, 1.807) is 6.07 Å². The van der Waals surface area contributed by atoms with Crippen molar-refractivity contribution in [1.29, 1.82) is 0 Å². The fourth-order valence-corrected chi connectivity index (χ4v) is 3.21. The maximum absolute atomic E-state index is 12.2. The zero-order valence-electron chi connectivity index (χ0n) is 14.9. The molecular formula is C19H18F3N5O. The van der Waals surface area contributed by atoms with Crippen molar-refractivity contribution >= 4 is 0 Å². The molecule has 0 aliphatic carbocycles. The molecule has 146 valence electrons. The van der Waals surface area contributed by atoms with E-state index >= 15 is 0 Å². The van der Waals surface area contributed by atoms with Crippen molar-refractivity contribution in [3.63, 3.8) is 0 Å². The summed E-state index contributed by atoms with van der Waals surface area (Å²) in [5.74, 6) is -0.133. The van der Waals surface area contributed by atoms with Crippen molar-refractivity contribution in [3.05, 3.63) is 65.6 Å². The molecule has 0 radical (unpaired) electrons. The first-order chi connectivity index (χ1) is 13.5. The first-order valence-corrected chi connectivity index (χ1v) is 8.84. The van der Waals surface area contributed by atoms with Gasteiger partial charge in [-0.25, -0.2) is 4.68 Å². The molecule has 0 fully saturated rings. The smallest absolute Gasteiger partial charge is 0.422 e. The molecule has 28 heavy (non-hydrogen) atoms. The van der Waals surface area contributed by atoms with E-state index in [2.05, 4.69) is 24.9 Å². The summed E-state index contributed by atoms with van der Waals surface area (Å²) in [7, 11) is 0. The lowest BCUT2D eigenvalue weighted by Crippen LogP contribution is -2.31. The van der Waals surface area contributed by atoms with Gasteiger partial charge in [0.15, 0.2) is 6.61 Å². The van der Waals surface area contributed by atoms with Crippen LogP contribution in [0.1, 0.15) is 17.0 Å². The fourth-order valence-electron chi connectivity index (χ4n) is 3.21. The van der Waals surface area contributed by atoms with E-state index in [-0.39, 0.29) is 5.88 Å². The summed E-state index contributed by atoms with van der Waals surface area (Å²) in [6, 6.07) is 13.0. The van der Waals surface area contributed by atoms with Crippen LogP contribution in [-0.4, -0.2) is 44.2 Å². The molecule has 0 unspecified atom stereocenters. The number of rotatable bonds is 5. The summed E-state index contributed by atoms with van der Waals surface area (Å²) < 4.78 is 43.1. The monoisotopic (exact) mass is 389 g/mol. The standard InChI is InChI=1S/C19H18F3N5O/c20-19(21,22)13-28-18-7-6-15(24-25-18)12-26-9-8-17-14(11-26)10-23-27(17)16-4-2-1-3-5-16/h1-7,10H,8-9,11-13H2. The highest BCUT2D eigenvalue weighted by Crippen LogP contribution is 2.23. The third-order valence-corrected chi connectivity index (χ3v) is 4.48. The average molecular weight is 389 g/mol. The van der Waals surface area contributed by atoms with E-state index in [0.29, 0.717) is 12.2 Å². The maximum Gasteiger partial charge on any atom is 0.422 e. The molecule has 0 bridgehead atoms. The van der Waals surface area contributed by atoms with Gasteiger partial charge in [-0.05, 0) is 18.2 Å². The summed E-state index contributed by atoms with van der Waals surface area (Å²) in [6.45, 7) is 0.750. The van der Waals surface area contributed by atoms with Crippen molar-refractivity contribution < 1.29 is 17.9 Å². The van der Waals surface area contributed by atoms with Crippen LogP contribution in [0.4, 0.5) is 13.2 Å². The van der Waals surface area contributed by atoms with Gasteiger partial charge in [0, 0.05) is 43.4 Å². The Labute approximate surface area is 159 Å². The van der Waals surface area contributed by atoms with Crippen molar-refractivity contribution in [1.82, 2.24) is 24.9 Å². The predicted octanol–water partition coefficient (Wildman–Crippen LogP) is 3.16. The Hall–Kier alpha value is -2.94. The molecule has 3 heterocycles. The largest absolute Gasteiger partial charge is 0.467 e. The minimum Gasteiger partial charge on any atom is -0.467 e. The molecule has 1 aliphatic heterocycles. The lowest BCUT2D eigenvalue weighted by atomic mass is 10.1. The highest BCUT2D eigenvalue weighted by atomic mass is 19.4. The zero-order chi connectivity index (χ0) is 19.6. The van der Waals surface area contributed by atoms with Gasteiger partial charge in [0.1, 0.15) is 0 Å². The quantitative estimate of drug-likeness (QED) is 0.671. The van der Waals surface area contributed by atoms with Gasteiger partial charge >= 0.3 is 6.18 Å². The van der Waals surface area contributed by atoms with E-state index < -0.39 is 12.8 Å². The predicted molar refractivity (Wildman–Crippen MR) is 95.0 cm³/mol. The Morgan fingerprint density at radius 1 is 1.04 bits per heavy atom. The average Bonchev–Trinajstić information content (AvgIpc) is 3.11. The molecule has 0 saturated heterocycles. The summed E-state index contributed by atoms with van der Waals surface area (Å²) in [4.78, 5) is 2.21. The highest BCUT2D eigenvalue weighted by molar-refractivity contribution is 5.35. The van der Waals surface area contributed by atoms with Crippen LogP contribution in [0.25, 0.3) is 5.69 Å². The minimum absolute atomic E-state index is 0.133. The molecule has 0 spiro atoms. The van der Waals surface area contributed by atoms with E-state index in [4.69, 9.17) is 0 Å². The molecule has 0 atom stereocenters. The number of benzene rings is 1. The van der Waals surface area contributed by atoms with Crippen molar-refractivity contribution in [2.24, 2.45) is 0 Å². The Balaban J connectivity index is 1.38. The Kier molecular flexibility index (Phi) is 4.99. The number of hydrogen-bond acceptors (Lipinski definition) is 5. The van der Waals surface area contributed by atoms with Gasteiger partial charge in [-0.2, -0.15) is 23.4 Å². The third-order valence-electron chi connectivity index (χ3n) is 4.48. The van der Waals surface area contributed by atoms with Gasteiger partial charge in [-0.15, -0.1) is 5.10 Å². The SMILES string of the molecule is FC(F)(F)COc1ccc(CN2CCc3c(cnn3-c3ccccc3)C2)nn1. The van der Waals surface area contributed by atoms with E-state index in [9.17, 15) is 13.2 Å². The number of halogens is 3. The van der Waals surface area contributed by atoms with Crippen molar-refractivity contribution in [2.45, 2.75) is 25.7 Å². The number of nitrogens with zero attached hydrogens (tertiary/aromatic N) is 5. The first kappa shape index (κ1) is 18.4. The van der Waals surface area contributed by atoms with E-state index in [1.807, 2.05) is 41.2 Å². The lowest BCUT2D eigenvalue weighted by molar-refractivity contribution is -0.154. The zero-order valence-corrected chi connectivity index (χ0v) is 14.9. The molecule has 1 aliphatic rings. The van der Waals surface area contributed by atoms with E-state index in [0.717, 1.165) is 30.8 Å². The van der Waals surface area contributed by atoms with Gasteiger partial charge in [-0.1, -0.05) is 18.2 Å². The first-order valence-electron chi connectivity index (χ1n) is 8.84. The molecule has 0 amide bonds. The van der Waals surface area contributed by atoms with E-state index in [1.165, 1.54) is 11.8 Å². The van der Waals surface area contributed by atoms with Gasteiger partial charge < -0.3 is 4.74 Å². The molecule has 1 aromatic carbocycles. The van der Waals surface area contributed by atoms with Crippen LogP contribution in [0.5, 0.6) is 5.88 Å². The number of ether oxygens (including phenoxy) is 1. The topological polar surface area (TPSA) is 56.1 Å². The molecule has 0 N–H and O–H groups in total. The molecule has 3 aromatic rings. The van der Waals surface area contributed by atoms with Crippen LogP contribution >= 0.6 is 0 Å². The van der Waals surface area contributed by atoms with Crippen LogP contribution in [-0.2, 0) is 19.5 Å². The van der Waals surface area contributed by atoms with Crippen LogP contribution in [0.3, 0.4) is 0 Å². The maximum atomic E-state index is 12.2. The second-order valence-electron chi connectivity index (χ2n) is 6.59. The summed E-state index contributed by atoms with van der Waals surface area (Å²) in [5, 5.41) is 12.2. The fraction of sp³-hybridized carbons (Fsp3) is 0.316. The van der Waals surface area contributed by atoms with Gasteiger partial charge in [0.25, 0.3) is 0 Å².